The molecule has 0 atom stereocenters. The van der Waals surface area contributed by atoms with Crippen LogP contribution >= 0.6 is 0 Å². The van der Waals surface area contributed by atoms with Crippen LogP contribution in [0.15, 0.2) is 97.3 Å². The molecule has 0 unspecified atom stereocenters. The molecule has 0 radical (unpaired) electrons. The second-order valence-electron chi connectivity index (χ2n) is 13.5. The average molecular weight is 568 g/mol. The summed E-state index contributed by atoms with van der Waals surface area (Å²) in [6, 6.07) is 25.5. The van der Waals surface area contributed by atoms with Gasteiger partial charge in [-0.3, -0.25) is 0 Å². The largest absolute Gasteiger partial charge is 0.422 e. The van der Waals surface area contributed by atoms with Crippen molar-refractivity contribution in [3.63, 3.8) is 0 Å². The maximum Gasteiger partial charge on any atom is 0.344 e. The van der Waals surface area contributed by atoms with Gasteiger partial charge in [0.05, 0.1) is 11.1 Å². The van der Waals surface area contributed by atoms with E-state index < -0.39 is 5.63 Å². The zero-order valence-electron chi connectivity index (χ0n) is 24.9. The van der Waals surface area contributed by atoms with Crippen molar-refractivity contribution in [2.75, 3.05) is 18.0 Å². The Morgan fingerprint density at radius 1 is 0.651 bits per heavy atom. The number of nitrogens with zero attached hydrogens (tertiary/aromatic N) is 1. The first-order valence-electron chi connectivity index (χ1n) is 15.1. The molecule has 0 saturated heterocycles. The van der Waals surface area contributed by atoms with Crippen LogP contribution in [0.3, 0.4) is 0 Å². The molecule has 5 nitrogen and oxygen atoms in total. The summed E-state index contributed by atoms with van der Waals surface area (Å²) in [5.74, 6) is 0. The highest BCUT2D eigenvalue weighted by atomic mass is 16.4. The minimum Gasteiger partial charge on any atom is -0.422 e. The van der Waals surface area contributed by atoms with Crippen LogP contribution in [0.5, 0.6) is 0 Å². The fourth-order valence-electron chi connectivity index (χ4n) is 7.28. The van der Waals surface area contributed by atoms with Gasteiger partial charge < -0.3 is 13.7 Å². The predicted octanol–water partition coefficient (Wildman–Crippen LogP) is 8.56. The van der Waals surface area contributed by atoms with E-state index in [1.165, 1.54) is 11.3 Å². The van der Waals surface area contributed by atoms with E-state index in [2.05, 4.69) is 38.7 Å². The zero-order valence-corrected chi connectivity index (χ0v) is 24.9. The monoisotopic (exact) mass is 567 g/mol. The molecule has 8 rings (SSSR count). The van der Waals surface area contributed by atoms with Crippen molar-refractivity contribution in [3.8, 4) is 22.3 Å². The van der Waals surface area contributed by atoms with Crippen LogP contribution in [0.1, 0.15) is 51.7 Å². The Hall–Kier alpha value is -4.64. The van der Waals surface area contributed by atoms with Crippen LogP contribution in [0, 0.1) is 0 Å². The van der Waals surface area contributed by atoms with Gasteiger partial charge in [0, 0.05) is 35.1 Å². The van der Waals surface area contributed by atoms with Crippen molar-refractivity contribution in [2.45, 2.75) is 51.4 Å². The predicted molar refractivity (Wildman–Crippen MR) is 174 cm³/mol. The number of hydrogen-bond donors (Lipinski definition) is 0. The van der Waals surface area contributed by atoms with Gasteiger partial charge in [-0.2, -0.15) is 0 Å². The van der Waals surface area contributed by atoms with Gasteiger partial charge in [-0.25, -0.2) is 9.59 Å². The van der Waals surface area contributed by atoms with Crippen LogP contribution in [0.2, 0.25) is 0 Å². The van der Waals surface area contributed by atoms with Gasteiger partial charge in [0.2, 0.25) is 0 Å². The standard InChI is InChI=1S/C38H33NO4/c1-37(2)14-16-39-17-15-38(3,4)32-33(39)30(37)20-25-19-27(36(41)43-34(25)32)23-9-7-10-24(18-23)28-21-29-26-11-6-5-8-22(26)12-13-31(29)42-35(28)40/h5-13,18-21H,14-17H2,1-4H3. The van der Waals surface area contributed by atoms with E-state index in [4.69, 9.17) is 8.83 Å². The molecule has 0 spiro atoms. The maximum atomic E-state index is 13.7. The Morgan fingerprint density at radius 2 is 1.35 bits per heavy atom. The van der Waals surface area contributed by atoms with Crippen LogP contribution < -0.4 is 16.2 Å². The maximum absolute atomic E-state index is 13.7. The molecule has 214 valence electrons. The Labute approximate surface area is 249 Å². The zero-order chi connectivity index (χ0) is 29.7. The van der Waals surface area contributed by atoms with E-state index in [1.807, 2.05) is 72.8 Å². The van der Waals surface area contributed by atoms with Crippen LogP contribution in [-0.4, -0.2) is 13.1 Å². The first kappa shape index (κ1) is 26.0. The topological polar surface area (TPSA) is 63.7 Å². The van der Waals surface area contributed by atoms with Crippen molar-refractivity contribution < 1.29 is 8.83 Å². The highest BCUT2D eigenvalue weighted by Crippen LogP contribution is 2.51. The fourth-order valence-corrected chi connectivity index (χ4v) is 7.28. The van der Waals surface area contributed by atoms with Gasteiger partial charge in [-0.1, -0.05) is 76.2 Å². The van der Waals surface area contributed by atoms with E-state index in [9.17, 15) is 9.59 Å². The second kappa shape index (κ2) is 8.93. The number of benzene rings is 4. The Morgan fingerprint density at radius 3 is 2.14 bits per heavy atom. The van der Waals surface area contributed by atoms with Crippen molar-refractivity contribution in [1.29, 1.82) is 0 Å². The molecule has 0 saturated carbocycles. The summed E-state index contributed by atoms with van der Waals surface area (Å²) < 4.78 is 12.0. The van der Waals surface area contributed by atoms with Crippen LogP contribution in [-0.2, 0) is 10.8 Å². The van der Waals surface area contributed by atoms with Crippen molar-refractivity contribution in [2.24, 2.45) is 0 Å². The molecule has 0 aliphatic carbocycles. The third-order valence-electron chi connectivity index (χ3n) is 9.86. The minimum atomic E-state index is -0.412. The van der Waals surface area contributed by atoms with Gasteiger partial charge in [-0.05, 0) is 81.5 Å². The van der Waals surface area contributed by atoms with Gasteiger partial charge in [0.25, 0.3) is 0 Å². The lowest BCUT2D eigenvalue weighted by atomic mass is 9.69. The quantitative estimate of drug-likeness (QED) is 0.155. The summed E-state index contributed by atoms with van der Waals surface area (Å²) in [6.45, 7) is 11.2. The number of hydrogen-bond acceptors (Lipinski definition) is 5. The number of anilines is 1. The second-order valence-corrected chi connectivity index (χ2v) is 13.5. The van der Waals surface area contributed by atoms with E-state index in [-0.39, 0.29) is 16.5 Å². The molecule has 2 aliphatic heterocycles. The molecule has 4 heterocycles. The summed E-state index contributed by atoms with van der Waals surface area (Å²) in [5, 5.41) is 3.91. The molecular weight excluding hydrogens is 534 g/mol. The SMILES string of the molecule is CC1(C)CCN2CCC(C)(C)c3c2c1cc1cc(-c2cccc(-c4cc5c(ccc6ccccc65)oc4=O)c2)c(=O)oc31. The average Bonchev–Trinajstić information content (AvgIpc) is 2.99. The number of rotatable bonds is 2. The lowest BCUT2D eigenvalue weighted by Crippen LogP contribution is -2.44. The summed E-state index contributed by atoms with van der Waals surface area (Å²) in [5.41, 5.74) is 6.44. The third-order valence-corrected chi connectivity index (χ3v) is 9.86. The van der Waals surface area contributed by atoms with E-state index >= 15 is 0 Å². The summed E-state index contributed by atoms with van der Waals surface area (Å²) in [7, 11) is 0. The molecule has 4 aromatic carbocycles. The lowest BCUT2D eigenvalue weighted by Gasteiger charge is -2.48. The Kier molecular flexibility index (Phi) is 5.41. The molecule has 43 heavy (non-hydrogen) atoms. The summed E-state index contributed by atoms with van der Waals surface area (Å²) in [6.07, 6.45) is 2.09. The molecule has 6 aromatic rings. The number of fused-ring (bicyclic) bond motifs is 5. The molecule has 2 aromatic heterocycles. The molecule has 5 heteroatoms. The molecule has 0 N–H and O–H groups in total. The normalized spacial score (nSPS) is 17.0. The van der Waals surface area contributed by atoms with E-state index in [1.54, 1.807) is 0 Å². The van der Waals surface area contributed by atoms with Gasteiger partial charge in [-0.15, -0.1) is 0 Å². The minimum absolute atomic E-state index is 0.0205. The van der Waals surface area contributed by atoms with Crippen molar-refractivity contribution >= 4 is 38.4 Å². The molecule has 0 bridgehead atoms. The highest BCUT2D eigenvalue weighted by Gasteiger charge is 2.42. The Bertz CT molecular complexity index is 2250. The first-order chi connectivity index (χ1) is 20.6. The Balaban J connectivity index is 1.32. The lowest BCUT2D eigenvalue weighted by molar-refractivity contribution is 0.398. The smallest absolute Gasteiger partial charge is 0.344 e. The highest BCUT2D eigenvalue weighted by molar-refractivity contribution is 6.06. The van der Waals surface area contributed by atoms with Gasteiger partial charge in [0.1, 0.15) is 11.2 Å². The first-order valence-corrected chi connectivity index (χ1v) is 15.1. The third kappa shape index (κ3) is 3.91. The van der Waals surface area contributed by atoms with E-state index in [0.717, 1.165) is 53.0 Å². The van der Waals surface area contributed by atoms with Crippen molar-refractivity contribution in [3.05, 3.63) is 111 Å². The summed E-state index contributed by atoms with van der Waals surface area (Å²) in [4.78, 5) is 29.3. The summed E-state index contributed by atoms with van der Waals surface area (Å²) >= 11 is 0. The van der Waals surface area contributed by atoms with Gasteiger partial charge in [0.15, 0.2) is 0 Å². The molecule has 0 amide bonds. The molecule has 2 aliphatic rings. The molecular formula is C38H33NO4. The van der Waals surface area contributed by atoms with E-state index in [0.29, 0.717) is 33.4 Å². The van der Waals surface area contributed by atoms with Crippen molar-refractivity contribution in [1.82, 2.24) is 0 Å². The fraction of sp³-hybridized carbons (Fsp3) is 0.263. The van der Waals surface area contributed by atoms with Crippen LogP contribution in [0.25, 0.3) is 55.0 Å². The van der Waals surface area contributed by atoms with Crippen LogP contribution in [0.4, 0.5) is 5.69 Å². The van der Waals surface area contributed by atoms with Gasteiger partial charge >= 0.3 is 11.3 Å². The molecule has 0 fully saturated rings.